The van der Waals surface area contributed by atoms with E-state index in [2.05, 4.69) is 32.2 Å². The molecule has 2 unspecified atom stereocenters. The minimum Gasteiger partial charge on any atom is -0.387 e. The maximum absolute atomic E-state index is 10.9. The van der Waals surface area contributed by atoms with Gasteiger partial charge in [0.15, 0.2) is 0 Å². The van der Waals surface area contributed by atoms with Crippen LogP contribution < -0.4 is 21.8 Å². The van der Waals surface area contributed by atoms with E-state index in [1.54, 1.807) is 11.3 Å². The van der Waals surface area contributed by atoms with E-state index in [1.807, 2.05) is 6.21 Å². The molecule has 0 spiro atoms. The van der Waals surface area contributed by atoms with Crippen molar-refractivity contribution in [3.63, 3.8) is 0 Å². The van der Waals surface area contributed by atoms with Crippen molar-refractivity contribution in [2.75, 3.05) is 13.1 Å². The summed E-state index contributed by atoms with van der Waals surface area (Å²) in [7, 11) is 0. The Kier molecular flexibility index (Phi) is 4.92. The molecule has 0 aromatic carbocycles. The Morgan fingerprint density at radius 2 is 2.39 bits per heavy atom. The smallest absolute Gasteiger partial charge is 0.216 e. The van der Waals surface area contributed by atoms with Crippen molar-refractivity contribution < 1.29 is 4.79 Å². The van der Waals surface area contributed by atoms with Crippen LogP contribution in [0.5, 0.6) is 0 Å². The zero-order chi connectivity index (χ0) is 16.2. The molecule has 0 saturated heterocycles. The van der Waals surface area contributed by atoms with Crippen molar-refractivity contribution >= 4 is 35.0 Å². The summed E-state index contributed by atoms with van der Waals surface area (Å²) in [5.41, 5.74) is 10.1. The van der Waals surface area contributed by atoms with E-state index >= 15 is 0 Å². The molecule has 1 aromatic rings. The second kappa shape index (κ2) is 7.10. The average Bonchev–Trinajstić information content (AvgIpc) is 3.14. The Morgan fingerprint density at radius 3 is 3.13 bits per heavy atom. The molecule has 3 heterocycles. The van der Waals surface area contributed by atoms with E-state index in [0.717, 1.165) is 31.5 Å². The molecular formula is C15H22N6OS. The number of carbonyl (C=O) groups excluding carboxylic acids is 1. The van der Waals surface area contributed by atoms with Crippen LogP contribution in [-0.2, 0) is 4.79 Å². The Labute approximate surface area is 139 Å². The fourth-order valence-electron chi connectivity index (χ4n) is 2.75. The summed E-state index contributed by atoms with van der Waals surface area (Å²) in [5.74, 6) is 0.673. The number of nitrogens with zero attached hydrogens (tertiary/aromatic N) is 2. The molecule has 0 radical (unpaired) electrons. The van der Waals surface area contributed by atoms with Crippen LogP contribution in [0.25, 0.3) is 0 Å². The van der Waals surface area contributed by atoms with Gasteiger partial charge in [-0.25, -0.2) is 4.99 Å². The summed E-state index contributed by atoms with van der Waals surface area (Å²) >= 11 is 1.77. The van der Waals surface area contributed by atoms with Crippen molar-refractivity contribution in [1.29, 1.82) is 0 Å². The van der Waals surface area contributed by atoms with E-state index in [9.17, 15) is 4.79 Å². The normalized spacial score (nSPS) is 22.4. The maximum atomic E-state index is 10.9. The monoisotopic (exact) mass is 334 g/mol. The predicted octanol–water partition coefficient (Wildman–Crippen LogP) is 1.32. The first-order chi connectivity index (χ1) is 11.1. The summed E-state index contributed by atoms with van der Waals surface area (Å²) in [5, 5.41) is 10.4. The van der Waals surface area contributed by atoms with Gasteiger partial charge in [0.05, 0.1) is 17.8 Å². The van der Waals surface area contributed by atoms with Crippen LogP contribution in [0.3, 0.4) is 0 Å². The number of nitrogens with one attached hydrogen (secondary N) is 3. The van der Waals surface area contributed by atoms with Gasteiger partial charge in [0.1, 0.15) is 5.84 Å². The SMILES string of the molecule is CC(=O)NCCCNC1CC(N)=Nc2cc(C3CC=NN3)sc21. The number of hydrogen-bond acceptors (Lipinski definition) is 7. The molecule has 0 fully saturated rings. The topological polar surface area (TPSA) is 104 Å². The summed E-state index contributed by atoms with van der Waals surface area (Å²) in [6.07, 6.45) is 4.42. The lowest BCUT2D eigenvalue weighted by Gasteiger charge is -2.21. The van der Waals surface area contributed by atoms with Crippen molar-refractivity contribution in [2.24, 2.45) is 15.8 Å². The third-order valence-corrected chi connectivity index (χ3v) is 5.23. The highest BCUT2D eigenvalue weighted by atomic mass is 32.1. The Hall–Kier alpha value is -1.93. The van der Waals surface area contributed by atoms with E-state index < -0.39 is 0 Å². The van der Waals surface area contributed by atoms with Crippen LogP contribution in [0.4, 0.5) is 5.69 Å². The van der Waals surface area contributed by atoms with Crippen LogP contribution in [-0.4, -0.2) is 31.0 Å². The zero-order valence-electron chi connectivity index (χ0n) is 13.1. The third kappa shape index (κ3) is 3.89. The fourth-order valence-corrected chi connectivity index (χ4v) is 3.99. The average molecular weight is 334 g/mol. The lowest BCUT2D eigenvalue weighted by atomic mass is 10.1. The Morgan fingerprint density at radius 1 is 1.52 bits per heavy atom. The number of amides is 1. The molecule has 124 valence electrons. The van der Waals surface area contributed by atoms with Gasteiger partial charge >= 0.3 is 0 Å². The molecule has 0 aliphatic carbocycles. The lowest BCUT2D eigenvalue weighted by molar-refractivity contribution is -0.118. The number of amidine groups is 1. The number of hydrazone groups is 1. The highest BCUT2D eigenvalue weighted by molar-refractivity contribution is 7.12. The second-order valence-electron chi connectivity index (χ2n) is 5.78. The van der Waals surface area contributed by atoms with Gasteiger partial charge in [-0.3, -0.25) is 4.79 Å². The van der Waals surface area contributed by atoms with Crippen LogP contribution in [0.15, 0.2) is 16.2 Å². The number of nitrogens with two attached hydrogens (primary N) is 1. The zero-order valence-corrected chi connectivity index (χ0v) is 13.9. The Bertz CT molecular complexity index is 630. The molecule has 8 heteroatoms. The van der Waals surface area contributed by atoms with Crippen LogP contribution in [0.2, 0.25) is 0 Å². The van der Waals surface area contributed by atoms with Crippen molar-refractivity contribution in [3.8, 4) is 0 Å². The number of thiophene rings is 1. The van der Waals surface area contributed by atoms with E-state index in [4.69, 9.17) is 5.73 Å². The molecular weight excluding hydrogens is 312 g/mol. The summed E-state index contributed by atoms with van der Waals surface area (Å²) in [4.78, 5) is 17.8. The second-order valence-corrected chi connectivity index (χ2v) is 6.89. The van der Waals surface area contributed by atoms with Gasteiger partial charge < -0.3 is 21.8 Å². The lowest BCUT2D eigenvalue weighted by Crippen LogP contribution is -2.31. The molecule has 0 saturated carbocycles. The van der Waals surface area contributed by atoms with Crippen molar-refractivity contribution in [1.82, 2.24) is 16.1 Å². The first-order valence-corrected chi connectivity index (χ1v) is 8.66. The number of rotatable bonds is 6. The summed E-state index contributed by atoms with van der Waals surface area (Å²) < 4.78 is 0. The minimum absolute atomic E-state index is 0.00973. The van der Waals surface area contributed by atoms with Gasteiger partial charge in [-0.05, 0) is 19.0 Å². The standard InChI is InChI=1S/C15H22N6OS/c1-9(22)17-4-2-5-18-11-8-14(16)20-12-7-13(23-15(11)12)10-3-6-19-21-10/h6-7,10-11,18,21H,2-5,8H2,1H3,(H2,16,20)(H,17,22). The van der Waals surface area contributed by atoms with Crippen LogP contribution >= 0.6 is 11.3 Å². The molecule has 3 rings (SSSR count). The van der Waals surface area contributed by atoms with Gasteiger partial charge in [-0.15, -0.1) is 11.3 Å². The largest absolute Gasteiger partial charge is 0.387 e. The molecule has 5 N–H and O–H groups in total. The summed E-state index contributed by atoms with van der Waals surface area (Å²) in [6, 6.07) is 2.56. The van der Waals surface area contributed by atoms with E-state index in [0.29, 0.717) is 12.4 Å². The molecule has 7 nitrogen and oxygen atoms in total. The van der Waals surface area contributed by atoms with E-state index in [-0.39, 0.29) is 18.0 Å². The van der Waals surface area contributed by atoms with Gasteiger partial charge in [-0.1, -0.05) is 0 Å². The van der Waals surface area contributed by atoms with Gasteiger partial charge in [0.25, 0.3) is 0 Å². The predicted molar refractivity (Wildman–Crippen MR) is 93.2 cm³/mol. The van der Waals surface area contributed by atoms with Crippen LogP contribution in [0.1, 0.15) is 48.0 Å². The molecule has 2 aliphatic heterocycles. The number of hydrogen-bond donors (Lipinski definition) is 4. The van der Waals surface area contributed by atoms with Crippen molar-refractivity contribution in [3.05, 3.63) is 15.8 Å². The molecule has 2 aliphatic rings. The quantitative estimate of drug-likeness (QED) is 0.589. The van der Waals surface area contributed by atoms with Gasteiger partial charge in [-0.2, -0.15) is 5.10 Å². The maximum Gasteiger partial charge on any atom is 0.216 e. The molecule has 2 atom stereocenters. The first-order valence-electron chi connectivity index (χ1n) is 7.85. The highest BCUT2D eigenvalue weighted by Gasteiger charge is 2.26. The summed E-state index contributed by atoms with van der Waals surface area (Å²) in [6.45, 7) is 3.05. The van der Waals surface area contributed by atoms with Crippen LogP contribution in [0, 0.1) is 0 Å². The van der Waals surface area contributed by atoms with Gasteiger partial charge in [0, 0.05) is 42.3 Å². The fraction of sp³-hybridized carbons (Fsp3) is 0.533. The third-order valence-electron chi connectivity index (χ3n) is 3.88. The first kappa shape index (κ1) is 15.9. The molecule has 1 aromatic heterocycles. The number of carbonyl (C=O) groups is 1. The van der Waals surface area contributed by atoms with Crippen molar-refractivity contribution in [2.45, 2.75) is 38.3 Å². The number of fused-ring (bicyclic) bond motifs is 1. The number of aliphatic imine (C=N–C) groups is 1. The molecule has 0 bridgehead atoms. The minimum atomic E-state index is 0.00973. The molecule has 23 heavy (non-hydrogen) atoms. The van der Waals surface area contributed by atoms with Gasteiger partial charge in [0.2, 0.25) is 5.91 Å². The van der Waals surface area contributed by atoms with E-state index in [1.165, 1.54) is 16.7 Å². The highest BCUT2D eigenvalue weighted by Crippen LogP contribution is 2.42. The Balaban J connectivity index is 1.62. The molecule has 1 amide bonds.